The maximum Gasteiger partial charge on any atom is 0.267 e. The van der Waals surface area contributed by atoms with Gasteiger partial charge in [0.25, 0.3) is 11.5 Å². The number of aromatic hydroxyl groups is 1. The molecule has 3 aromatic rings. The molecule has 1 aromatic carbocycles. The topological polar surface area (TPSA) is 93.4 Å². The summed E-state index contributed by atoms with van der Waals surface area (Å²) in [6.45, 7) is 4.39. The standard InChI is InChI=1S/C20H21N3O4/c1-12(2)11-23-15-7-5-4-6-14(15)18(24)17(20(23)26)19(25)22-16-10-13(27-3)8-9-21-16/h4-10,12,24H,11H2,1-3H3,(H,21,22,25). The number of nitrogens with one attached hydrogen (secondary N) is 1. The zero-order chi connectivity index (χ0) is 19.6. The molecule has 2 heterocycles. The van der Waals surface area contributed by atoms with E-state index in [-0.39, 0.29) is 23.0 Å². The van der Waals surface area contributed by atoms with Crippen molar-refractivity contribution in [3.8, 4) is 11.5 Å². The van der Waals surface area contributed by atoms with Gasteiger partial charge in [-0.05, 0) is 24.1 Å². The molecule has 0 saturated heterocycles. The fraction of sp³-hybridized carbons (Fsp3) is 0.250. The smallest absolute Gasteiger partial charge is 0.267 e. The van der Waals surface area contributed by atoms with Crippen LogP contribution in [0.2, 0.25) is 0 Å². The molecule has 0 radical (unpaired) electrons. The molecular formula is C20H21N3O4. The molecule has 0 spiro atoms. The summed E-state index contributed by atoms with van der Waals surface area (Å²) >= 11 is 0. The lowest BCUT2D eigenvalue weighted by Gasteiger charge is -2.16. The lowest BCUT2D eigenvalue weighted by atomic mass is 10.1. The van der Waals surface area contributed by atoms with Crippen molar-refractivity contribution >= 4 is 22.6 Å². The molecular weight excluding hydrogens is 346 g/mol. The number of fused-ring (bicyclic) bond motifs is 1. The molecule has 0 aliphatic heterocycles. The van der Waals surface area contributed by atoms with Crippen molar-refractivity contribution in [3.05, 3.63) is 58.5 Å². The van der Waals surface area contributed by atoms with Crippen LogP contribution < -0.4 is 15.6 Å². The number of aromatic nitrogens is 2. The van der Waals surface area contributed by atoms with Crippen molar-refractivity contribution in [2.75, 3.05) is 12.4 Å². The van der Waals surface area contributed by atoms with E-state index in [4.69, 9.17) is 4.74 Å². The number of nitrogens with zero attached hydrogens (tertiary/aromatic N) is 2. The van der Waals surface area contributed by atoms with Crippen LogP contribution in [0.1, 0.15) is 24.2 Å². The maximum atomic E-state index is 13.0. The number of carbonyl (C=O) groups excluding carboxylic acids is 1. The second kappa shape index (κ2) is 7.49. The Hall–Kier alpha value is -3.35. The average Bonchev–Trinajstić information content (AvgIpc) is 2.65. The quantitative estimate of drug-likeness (QED) is 0.723. The summed E-state index contributed by atoms with van der Waals surface area (Å²) in [5.41, 5.74) is -0.260. The third kappa shape index (κ3) is 3.62. The van der Waals surface area contributed by atoms with E-state index in [2.05, 4.69) is 10.3 Å². The van der Waals surface area contributed by atoms with Crippen molar-refractivity contribution in [2.24, 2.45) is 5.92 Å². The van der Waals surface area contributed by atoms with Crippen LogP contribution in [0, 0.1) is 5.92 Å². The molecule has 2 N–H and O–H groups in total. The van der Waals surface area contributed by atoms with E-state index in [0.29, 0.717) is 23.2 Å². The first-order chi connectivity index (χ1) is 12.9. The minimum atomic E-state index is -0.721. The first-order valence-corrected chi connectivity index (χ1v) is 8.58. The fourth-order valence-electron chi connectivity index (χ4n) is 2.93. The summed E-state index contributed by atoms with van der Waals surface area (Å²) in [6, 6.07) is 10.1. The predicted octanol–water partition coefficient (Wildman–Crippen LogP) is 3.02. The molecule has 0 saturated carbocycles. The zero-order valence-electron chi connectivity index (χ0n) is 15.4. The molecule has 7 heteroatoms. The lowest BCUT2D eigenvalue weighted by Crippen LogP contribution is -2.31. The lowest BCUT2D eigenvalue weighted by molar-refractivity contribution is 0.102. The molecule has 0 unspecified atom stereocenters. The molecule has 0 bridgehead atoms. The van der Waals surface area contributed by atoms with Gasteiger partial charge in [-0.3, -0.25) is 9.59 Å². The summed E-state index contributed by atoms with van der Waals surface area (Å²) in [7, 11) is 1.50. The molecule has 27 heavy (non-hydrogen) atoms. The van der Waals surface area contributed by atoms with E-state index in [9.17, 15) is 14.7 Å². The Morgan fingerprint density at radius 1 is 1.30 bits per heavy atom. The van der Waals surface area contributed by atoms with Gasteiger partial charge in [0, 0.05) is 24.2 Å². The first-order valence-electron chi connectivity index (χ1n) is 8.58. The van der Waals surface area contributed by atoms with E-state index in [1.54, 1.807) is 30.3 Å². The Labute approximate surface area is 156 Å². The monoisotopic (exact) mass is 367 g/mol. The van der Waals surface area contributed by atoms with Crippen LogP contribution in [0.4, 0.5) is 5.82 Å². The van der Waals surface area contributed by atoms with Crippen molar-refractivity contribution in [3.63, 3.8) is 0 Å². The Balaban J connectivity index is 2.12. The van der Waals surface area contributed by atoms with Gasteiger partial charge in [-0.2, -0.15) is 0 Å². The van der Waals surface area contributed by atoms with Gasteiger partial charge in [-0.15, -0.1) is 0 Å². The highest BCUT2D eigenvalue weighted by atomic mass is 16.5. The molecule has 3 rings (SSSR count). The van der Waals surface area contributed by atoms with Crippen molar-refractivity contribution in [1.29, 1.82) is 0 Å². The molecule has 0 atom stereocenters. The summed E-state index contributed by atoms with van der Waals surface area (Å²) < 4.78 is 6.63. The maximum absolute atomic E-state index is 13.0. The average molecular weight is 367 g/mol. The van der Waals surface area contributed by atoms with Gasteiger partial charge in [-0.1, -0.05) is 26.0 Å². The minimum Gasteiger partial charge on any atom is -0.506 e. The van der Waals surface area contributed by atoms with Gasteiger partial charge >= 0.3 is 0 Å². The number of amides is 1. The number of carbonyl (C=O) groups is 1. The van der Waals surface area contributed by atoms with Crippen LogP contribution in [-0.4, -0.2) is 27.7 Å². The van der Waals surface area contributed by atoms with Gasteiger partial charge in [0.1, 0.15) is 22.9 Å². The van der Waals surface area contributed by atoms with E-state index in [1.165, 1.54) is 23.9 Å². The number of rotatable bonds is 5. The number of ether oxygens (including phenoxy) is 1. The van der Waals surface area contributed by atoms with Gasteiger partial charge in [0.05, 0.1) is 12.6 Å². The van der Waals surface area contributed by atoms with Crippen LogP contribution in [0.15, 0.2) is 47.4 Å². The van der Waals surface area contributed by atoms with Crippen molar-refractivity contribution < 1.29 is 14.6 Å². The highest BCUT2D eigenvalue weighted by Gasteiger charge is 2.23. The van der Waals surface area contributed by atoms with Crippen molar-refractivity contribution in [2.45, 2.75) is 20.4 Å². The Bertz CT molecular complexity index is 1060. The van der Waals surface area contributed by atoms with Crippen LogP contribution in [-0.2, 0) is 6.54 Å². The molecule has 1 amide bonds. The number of benzene rings is 1. The summed E-state index contributed by atoms with van der Waals surface area (Å²) in [4.78, 5) is 29.8. The second-order valence-electron chi connectivity index (χ2n) is 6.59. The summed E-state index contributed by atoms with van der Waals surface area (Å²) in [5.74, 6) is -0.133. The number of anilines is 1. The molecule has 7 nitrogen and oxygen atoms in total. The van der Waals surface area contributed by atoms with E-state index in [0.717, 1.165) is 0 Å². The van der Waals surface area contributed by atoms with Crippen LogP contribution in [0.5, 0.6) is 11.5 Å². The number of methoxy groups -OCH3 is 1. The van der Waals surface area contributed by atoms with Crippen molar-refractivity contribution in [1.82, 2.24) is 9.55 Å². The highest BCUT2D eigenvalue weighted by molar-refractivity contribution is 6.08. The summed E-state index contributed by atoms with van der Waals surface area (Å²) in [5, 5.41) is 13.6. The van der Waals surface area contributed by atoms with E-state index >= 15 is 0 Å². The normalized spacial score (nSPS) is 11.0. The molecule has 0 aliphatic carbocycles. The van der Waals surface area contributed by atoms with Crippen LogP contribution >= 0.6 is 0 Å². The molecule has 0 aliphatic rings. The van der Waals surface area contributed by atoms with Crippen LogP contribution in [0.25, 0.3) is 10.9 Å². The molecule has 0 fully saturated rings. The van der Waals surface area contributed by atoms with Gasteiger partial charge < -0.3 is 19.7 Å². The highest BCUT2D eigenvalue weighted by Crippen LogP contribution is 2.27. The first kappa shape index (κ1) is 18.4. The third-order valence-corrected chi connectivity index (χ3v) is 4.13. The number of hydrogen-bond donors (Lipinski definition) is 2. The Morgan fingerprint density at radius 3 is 2.74 bits per heavy atom. The largest absolute Gasteiger partial charge is 0.506 e. The summed E-state index contributed by atoms with van der Waals surface area (Å²) in [6.07, 6.45) is 1.48. The van der Waals surface area contributed by atoms with Gasteiger partial charge in [0.15, 0.2) is 0 Å². The predicted molar refractivity (Wildman–Crippen MR) is 103 cm³/mol. The van der Waals surface area contributed by atoms with Gasteiger partial charge in [0.2, 0.25) is 0 Å². The minimum absolute atomic E-state index is 0.187. The zero-order valence-corrected chi connectivity index (χ0v) is 15.4. The van der Waals surface area contributed by atoms with E-state index < -0.39 is 11.5 Å². The Kier molecular flexibility index (Phi) is 5.12. The SMILES string of the molecule is COc1ccnc(NC(=O)c2c(O)c3ccccc3n(CC(C)C)c2=O)c1. The third-order valence-electron chi connectivity index (χ3n) is 4.13. The fourth-order valence-corrected chi connectivity index (χ4v) is 2.93. The van der Waals surface area contributed by atoms with E-state index in [1.807, 2.05) is 13.8 Å². The van der Waals surface area contributed by atoms with Crippen LogP contribution in [0.3, 0.4) is 0 Å². The Morgan fingerprint density at radius 2 is 2.04 bits per heavy atom. The second-order valence-corrected chi connectivity index (χ2v) is 6.59. The number of hydrogen-bond acceptors (Lipinski definition) is 5. The number of pyridine rings is 2. The molecule has 2 aromatic heterocycles. The number of para-hydroxylation sites is 1. The molecule has 140 valence electrons. The van der Waals surface area contributed by atoms with Gasteiger partial charge in [-0.25, -0.2) is 4.98 Å².